The lowest BCUT2D eigenvalue weighted by Gasteiger charge is -2.35. The second kappa shape index (κ2) is 5.77. The Labute approximate surface area is 115 Å². The molecule has 0 amide bonds. The second-order valence-corrected chi connectivity index (χ2v) is 4.36. The van der Waals surface area contributed by atoms with Crippen molar-refractivity contribution in [1.82, 2.24) is 0 Å². The van der Waals surface area contributed by atoms with Crippen molar-refractivity contribution in [1.29, 1.82) is 0 Å². The molecule has 1 aromatic carbocycles. The summed E-state index contributed by atoms with van der Waals surface area (Å²) in [6, 6.07) is 6.86. The molecule has 2 rings (SSSR count). The predicted molar refractivity (Wildman–Crippen MR) is 68.4 cm³/mol. The Bertz CT molecular complexity index is 517. The van der Waals surface area contributed by atoms with Gasteiger partial charge in [-0.3, -0.25) is 10.1 Å². The number of nitro groups is 1. The first-order valence-electron chi connectivity index (χ1n) is 6.27. The number of nitrogens with zero attached hydrogens (tertiary/aromatic N) is 1. The standard InChI is InChI=1S/C13H15NO6/c1-2-18-12(15)13(7-8-14(16)17)9-19-10-5-3-4-6-11(10)20-13/h3-6H,2,7-9H2,1H3/t13-/m1/s1. The van der Waals surface area contributed by atoms with Crippen LogP contribution in [0.5, 0.6) is 11.5 Å². The van der Waals surface area contributed by atoms with Crippen LogP contribution >= 0.6 is 0 Å². The minimum Gasteiger partial charge on any atom is -0.485 e. The van der Waals surface area contributed by atoms with E-state index in [2.05, 4.69) is 0 Å². The van der Waals surface area contributed by atoms with Crippen molar-refractivity contribution in [2.24, 2.45) is 0 Å². The van der Waals surface area contributed by atoms with Crippen LogP contribution in [0.3, 0.4) is 0 Å². The monoisotopic (exact) mass is 281 g/mol. The summed E-state index contributed by atoms with van der Waals surface area (Å²) in [6.07, 6.45) is -0.104. The van der Waals surface area contributed by atoms with Crippen LogP contribution in [0.25, 0.3) is 0 Å². The molecule has 0 radical (unpaired) electrons. The Balaban J connectivity index is 2.25. The van der Waals surface area contributed by atoms with E-state index < -0.39 is 23.0 Å². The van der Waals surface area contributed by atoms with Gasteiger partial charge in [0.25, 0.3) is 0 Å². The molecule has 0 aromatic heterocycles. The van der Waals surface area contributed by atoms with Gasteiger partial charge in [-0.2, -0.15) is 0 Å². The summed E-state index contributed by atoms with van der Waals surface area (Å²) in [5.41, 5.74) is -1.46. The van der Waals surface area contributed by atoms with Gasteiger partial charge < -0.3 is 14.2 Å². The molecule has 108 valence electrons. The van der Waals surface area contributed by atoms with E-state index in [4.69, 9.17) is 14.2 Å². The van der Waals surface area contributed by atoms with E-state index >= 15 is 0 Å². The van der Waals surface area contributed by atoms with Crippen molar-refractivity contribution in [2.75, 3.05) is 19.8 Å². The minimum atomic E-state index is -1.46. The van der Waals surface area contributed by atoms with Crippen LogP contribution in [-0.2, 0) is 9.53 Å². The van der Waals surface area contributed by atoms with Crippen molar-refractivity contribution in [3.63, 3.8) is 0 Å². The first-order chi connectivity index (χ1) is 9.57. The van der Waals surface area contributed by atoms with Crippen LogP contribution in [0.2, 0.25) is 0 Å². The predicted octanol–water partition coefficient (Wildman–Crippen LogP) is 1.43. The Kier molecular flexibility index (Phi) is 4.07. The van der Waals surface area contributed by atoms with Crippen LogP contribution in [0, 0.1) is 10.1 Å². The molecule has 0 saturated carbocycles. The minimum absolute atomic E-state index is 0.101. The first-order valence-corrected chi connectivity index (χ1v) is 6.27. The highest BCUT2D eigenvalue weighted by Gasteiger charge is 2.47. The van der Waals surface area contributed by atoms with Gasteiger partial charge in [-0.1, -0.05) is 12.1 Å². The first kappa shape index (κ1) is 14.1. The second-order valence-electron chi connectivity index (χ2n) is 4.36. The molecular weight excluding hydrogens is 266 g/mol. The highest BCUT2D eigenvalue weighted by Crippen LogP contribution is 2.36. The van der Waals surface area contributed by atoms with Crippen molar-refractivity contribution in [3.05, 3.63) is 34.4 Å². The fourth-order valence-electron chi connectivity index (χ4n) is 1.95. The zero-order valence-electron chi connectivity index (χ0n) is 11.0. The van der Waals surface area contributed by atoms with E-state index in [1.165, 1.54) is 0 Å². The quantitative estimate of drug-likeness (QED) is 0.461. The highest BCUT2D eigenvalue weighted by atomic mass is 16.6. The summed E-state index contributed by atoms with van der Waals surface area (Å²) in [5, 5.41) is 10.6. The maximum absolute atomic E-state index is 12.1. The van der Waals surface area contributed by atoms with Gasteiger partial charge >= 0.3 is 5.97 Å². The summed E-state index contributed by atoms with van der Waals surface area (Å²) in [6.45, 7) is 1.34. The molecule has 0 unspecified atom stereocenters. The van der Waals surface area contributed by atoms with Crippen molar-refractivity contribution in [2.45, 2.75) is 18.9 Å². The van der Waals surface area contributed by atoms with Gasteiger partial charge in [0.1, 0.15) is 6.61 Å². The number of carbonyl (C=O) groups is 1. The molecule has 7 heteroatoms. The fraction of sp³-hybridized carbons (Fsp3) is 0.462. The summed E-state index contributed by atoms with van der Waals surface area (Å²) in [7, 11) is 0. The molecule has 1 aliphatic rings. The third kappa shape index (κ3) is 2.81. The van der Waals surface area contributed by atoms with Gasteiger partial charge in [0.15, 0.2) is 11.5 Å². The Morgan fingerprint density at radius 3 is 2.80 bits per heavy atom. The number of para-hydroxylation sites is 2. The van der Waals surface area contributed by atoms with E-state index in [-0.39, 0.29) is 19.6 Å². The van der Waals surface area contributed by atoms with Crippen LogP contribution < -0.4 is 9.47 Å². The SMILES string of the molecule is CCOC(=O)[C@@]1(CC[N+](=O)[O-])COc2ccccc2O1. The number of ether oxygens (including phenoxy) is 3. The summed E-state index contributed by atoms with van der Waals surface area (Å²) < 4.78 is 16.1. The molecule has 0 saturated heterocycles. The summed E-state index contributed by atoms with van der Waals surface area (Å²) in [5.74, 6) is 0.250. The van der Waals surface area contributed by atoms with E-state index in [9.17, 15) is 14.9 Å². The highest BCUT2D eigenvalue weighted by molar-refractivity contribution is 5.81. The zero-order chi connectivity index (χ0) is 14.6. The summed E-state index contributed by atoms with van der Waals surface area (Å²) >= 11 is 0. The number of rotatable bonds is 5. The van der Waals surface area contributed by atoms with E-state index in [1.807, 2.05) is 0 Å². The third-order valence-electron chi connectivity index (χ3n) is 2.96. The van der Waals surface area contributed by atoms with Crippen molar-refractivity contribution in [3.8, 4) is 11.5 Å². The van der Waals surface area contributed by atoms with Crippen LogP contribution in [-0.4, -0.2) is 36.3 Å². The molecule has 0 bridgehead atoms. The summed E-state index contributed by atoms with van der Waals surface area (Å²) in [4.78, 5) is 22.2. The Morgan fingerprint density at radius 1 is 1.45 bits per heavy atom. The number of hydrogen-bond donors (Lipinski definition) is 0. The van der Waals surface area contributed by atoms with Crippen molar-refractivity contribution >= 4 is 5.97 Å². The topological polar surface area (TPSA) is 87.9 Å². The van der Waals surface area contributed by atoms with Crippen LogP contribution in [0.1, 0.15) is 13.3 Å². The molecule has 1 aromatic rings. The van der Waals surface area contributed by atoms with Gasteiger partial charge in [-0.25, -0.2) is 4.79 Å². The largest absolute Gasteiger partial charge is 0.485 e. The fourth-order valence-corrected chi connectivity index (χ4v) is 1.95. The molecule has 1 atom stereocenters. The van der Waals surface area contributed by atoms with Crippen LogP contribution in [0.15, 0.2) is 24.3 Å². The maximum Gasteiger partial charge on any atom is 0.354 e. The van der Waals surface area contributed by atoms with Gasteiger partial charge in [-0.05, 0) is 19.1 Å². The van der Waals surface area contributed by atoms with Gasteiger partial charge in [0, 0.05) is 4.92 Å². The van der Waals surface area contributed by atoms with Crippen molar-refractivity contribution < 1.29 is 23.9 Å². The third-order valence-corrected chi connectivity index (χ3v) is 2.96. The number of benzene rings is 1. The lowest BCUT2D eigenvalue weighted by molar-refractivity contribution is -0.483. The van der Waals surface area contributed by atoms with Gasteiger partial charge in [0.05, 0.1) is 13.0 Å². The number of fused-ring (bicyclic) bond motifs is 1. The molecule has 0 aliphatic carbocycles. The lowest BCUT2D eigenvalue weighted by atomic mass is 9.99. The van der Waals surface area contributed by atoms with E-state index in [0.717, 1.165) is 0 Å². The van der Waals surface area contributed by atoms with E-state index in [1.54, 1.807) is 31.2 Å². The molecular formula is C13H15NO6. The average molecular weight is 281 g/mol. The number of carbonyl (C=O) groups excluding carboxylic acids is 1. The van der Waals surface area contributed by atoms with E-state index in [0.29, 0.717) is 11.5 Å². The molecule has 0 spiro atoms. The number of esters is 1. The molecule has 0 N–H and O–H groups in total. The molecule has 1 aliphatic heterocycles. The van der Waals surface area contributed by atoms with Gasteiger partial charge in [0.2, 0.25) is 12.1 Å². The Hall–Kier alpha value is -2.31. The molecule has 0 fully saturated rings. The maximum atomic E-state index is 12.1. The smallest absolute Gasteiger partial charge is 0.354 e. The molecule has 1 heterocycles. The lowest BCUT2D eigenvalue weighted by Crippen LogP contribution is -2.53. The number of hydrogen-bond acceptors (Lipinski definition) is 6. The van der Waals surface area contributed by atoms with Crippen LogP contribution in [0.4, 0.5) is 0 Å². The zero-order valence-corrected chi connectivity index (χ0v) is 11.0. The normalized spacial score (nSPS) is 20.2. The average Bonchev–Trinajstić information content (AvgIpc) is 2.45. The molecule has 7 nitrogen and oxygen atoms in total. The molecule has 20 heavy (non-hydrogen) atoms. The van der Waals surface area contributed by atoms with Gasteiger partial charge in [-0.15, -0.1) is 0 Å². The Morgan fingerprint density at radius 2 is 2.15 bits per heavy atom.